The summed E-state index contributed by atoms with van der Waals surface area (Å²) in [5, 5.41) is 20.0. The minimum absolute atomic E-state index is 0.0332. The summed E-state index contributed by atoms with van der Waals surface area (Å²) in [5.74, 6) is -0.843. The minimum Gasteiger partial charge on any atom is -0.480 e. The smallest absolute Gasteiger partial charge is 0.317 e. The lowest BCUT2D eigenvalue weighted by atomic mass is 9.85. The van der Waals surface area contributed by atoms with Gasteiger partial charge >= 0.3 is 5.97 Å². The maximum Gasteiger partial charge on any atom is 0.317 e. The number of likely N-dealkylation sites (N-methyl/N-ethyl adjacent to an activating group) is 1. The standard InChI is InChI=1S/C17H22N4O3/c1-2-21(10-17(23)24)12-7-11(8-12)18-16(22)9-15-13-5-3-4-6-14(13)19-20-15/h3-6,11-12H,2,7-10H2,1H3,(H,18,22)(H,19,20)(H,23,24). The summed E-state index contributed by atoms with van der Waals surface area (Å²) >= 11 is 0. The zero-order valence-corrected chi connectivity index (χ0v) is 13.7. The number of carbonyl (C=O) groups excluding carboxylic acids is 1. The van der Waals surface area contributed by atoms with E-state index in [2.05, 4.69) is 15.5 Å². The van der Waals surface area contributed by atoms with Gasteiger partial charge in [-0.15, -0.1) is 0 Å². The average molecular weight is 330 g/mol. The topological polar surface area (TPSA) is 98.3 Å². The maximum absolute atomic E-state index is 12.2. The molecule has 0 spiro atoms. The molecule has 1 aromatic carbocycles. The molecule has 3 rings (SSSR count). The first-order valence-corrected chi connectivity index (χ1v) is 8.24. The van der Waals surface area contributed by atoms with E-state index < -0.39 is 5.97 Å². The Bertz CT molecular complexity index is 736. The predicted octanol–water partition coefficient (Wildman–Crippen LogP) is 1.16. The Hall–Kier alpha value is -2.41. The van der Waals surface area contributed by atoms with Gasteiger partial charge in [-0.3, -0.25) is 19.6 Å². The van der Waals surface area contributed by atoms with E-state index in [1.54, 1.807) is 0 Å². The van der Waals surface area contributed by atoms with Crippen molar-refractivity contribution in [1.82, 2.24) is 20.4 Å². The number of hydrogen-bond donors (Lipinski definition) is 3. The fourth-order valence-corrected chi connectivity index (χ4v) is 3.26. The Morgan fingerprint density at radius 3 is 2.83 bits per heavy atom. The molecule has 0 saturated heterocycles. The second-order valence-corrected chi connectivity index (χ2v) is 6.24. The second-order valence-electron chi connectivity index (χ2n) is 6.24. The van der Waals surface area contributed by atoms with E-state index in [4.69, 9.17) is 5.11 Å². The fraction of sp³-hybridized carbons (Fsp3) is 0.471. The molecule has 2 aromatic rings. The highest BCUT2D eigenvalue weighted by molar-refractivity contribution is 5.87. The number of aliphatic carboxylic acids is 1. The van der Waals surface area contributed by atoms with E-state index in [0.717, 1.165) is 29.4 Å². The van der Waals surface area contributed by atoms with Crippen molar-refractivity contribution < 1.29 is 14.7 Å². The van der Waals surface area contributed by atoms with Gasteiger partial charge in [0.05, 0.1) is 24.2 Å². The number of nitrogens with one attached hydrogen (secondary N) is 2. The van der Waals surface area contributed by atoms with Crippen molar-refractivity contribution in [3.63, 3.8) is 0 Å². The van der Waals surface area contributed by atoms with Crippen LogP contribution in [-0.4, -0.2) is 57.3 Å². The first-order chi connectivity index (χ1) is 11.6. The summed E-state index contributed by atoms with van der Waals surface area (Å²) in [5.41, 5.74) is 1.68. The zero-order chi connectivity index (χ0) is 17.1. The van der Waals surface area contributed by atoms with Gasteiger partial charge in [-0.05, 0) is 25.5 Å². The Morgan fingerprint density at radius 2 is 2.12 bits per heavy atom. The van der Waals surface area contributed by atoms with Crippen LogP contribution in [0.2, 0.25) is 0 Å². The van der Waals surface area contributed by atoms with Gasteiger partial charge in [0.15, 0.2) is 0 Å². The van der Waals surface area contributed by atoms with Crippen LogP contribution < -0.4 is 5.32 Å². The van der Waals surface area contributed by atoms with Gasteiger partial charge in [0.2, 0.25) is 5.91 Å². The number of carbonyl (C=O) groups is 2. The molecule has 0 unspecified atom stereocenters. The van der Waals surface area contributed by atoms with Gasteiger partial charge in [0, 0.05) is 17.5 Å². The van der Waals surface area contributed by atoms with Crippen molar-refractivity contribution in [3.05, 3.63) is 30.0 Å². The molecule has 1 aliphatic carbocycles. The lowest BCUT2D eigenvalue weighted by Gasteiger charge is -2.42. The number of aromatic amines is 1. The van der Waals surface area contributed by atoms with Crippen molar-refractivity contribution in [3.8, 4) is 0 Å². The van der Waals surface area contributed by atoms with Gasteiger partial charge in [0.1, 0.15) is 0 Å². The van der Waals surface area contributed by atoms with Crippen LogP contribution in [0.1, 0.15) is 25.5 Å². The van der Waals surface area contributed by atoms with Gasteiger partial charge in [-0.1, -0.05) is 25.1 Å². The molecular weight excluding hydrogens is 308 g/mol. The number of H-pyrrole nitrogens is 1. The molecule has 1 heterocycles. The van der Waals surface area contributed by atoms with E-state index >= 15 is 0 Å². The molecular formula is C17H22N4O3. The van der Waals surface area contributed by atoms with E-state index in [1.807, 2.05) is 36.1 Å². The normalized spacial score (nSPS) is 20.1. The molecule has 0 aliphatic heterocycles. The number of amides is 1. The van der Waals surface area contributed by atoms with Crippen LogP contribution in [0.4, 0.5) is 0 Å². The Kier molecular flexibility index (Phi) is 4.80. The third kappa shape index (κ3) is 3.56. The van der Waals surface area contributed by atoms with E-state index in [1.165, 1.54) is 0 Å². The molecule has 128 valence electrons. The first-order valence-electron chi connectivity index (χ1n) is 8.24. The molecule has 1 amide bonds. The molecule has 7 nitrogen and oxygen atoms in total. The third-order valence-corrected chi connectivity index (χ3v) is 4.62. The number of fused-ring (bicyclic) bond motifs is 1. The highest BCUT2D eigenvalue weighted by atomic mass is 16.4. The summed E-state index contributed by atoms with van der Waals surface area (Å²) in [6.07, 6.45) is 1.88. The minimum atomic E-state index is -0.810. The van der Waals surface area contributed by atoms with Crippen molar-refractivity contribution in [1.29, 1.82) is 0 Å². The number of rotatable bonds is 7. The molecule has 7 heteroatoms. The monoisotopic (exact) mass is 330 g/mol. The molecule has 1 aromatic heterocycles. The van der Waals surface area contributed by atoms with Crippen LogP contribution in [0.15, 0.2) is 24.3 Å². The third-order valence-electron chi connectivity index (χ3n) is 4.62. The fourth-order valence-electron chi connectivity index (χ4n) is 3.26. The number of nitrogens with zero attached hydrogens (tertiary/aromatic N) is 2. The SMILES string of the molecule is CCN(CC(=O)O)C1CC(NC(=O)Cc2[nH]nc3ccccc23)C1. The van der Waals surface area contributed by atoms with Gasteiger partial charge < -0.3 is 10.4 Å². The Morgan fingerprint density at radius 1 is 1.38 bits per heavy atom. The number of hydrogen-bond acceptors (Lipinski definition) is 4. The quantitative estimate of drug-likeness (QED) is 0.707. The van der Waals surface area contributed by atoms with Gasteiger partial charge in [0.25, 0.3) is 0 Å². The number of para-hydroxylation sites is 1. The highest BCUT2D eigenvalue weighted by Gasteiger charge is 2.34. The van der Waals surface area contributed by atoms with Crippen LogP contribution in [0.25, 0.3) is 10.9 Å². The van der Waals surface area contributed by atoms with Crippen LogP contribution in [0.5, 0.6) is 0 Å². The Labute approximate surface area is 140 Å². The summed E-state index contributed by atoms with van der Waals surface area (Å²) < 4.78 is 0. The van der Waals surface area contributed by atoms with Crippen LogP contribution >= 0.6 is 0 Å². The summed E-state index contributed by atoms with van der Waals surface area (Å²) in [7, 11) is 0. The summed E-state index contributed by atoms with van der Waals surface area (Å²) in [4.78, 5) is 25.0. The van der Waals surface area contributed by atoms with Crippen LogP contribution in [0.3, 0.4) is 0 Å². The maximum atomic E-state index is 12.2. The molecule has 0 radical (unpaired) electrons. The van der Waals surface area contributed by atoms with E-state index in [0.29, 0.717) is 6.54 Å². The first kappa shape index (κ1) is 16.4. The molecule has 0 bridgehead atoms. The second kappa shape index (κ2) is 7.00. The number of aromatic nitrogens is 2. The summed E-state index contributed by atoms with van der Waals surface area (Å²) in [6, 6.07) is 8.07. The molecule has 3 N–H and O–H groups in total. The summed E-state index contributed by atoms with van der Waals surface area (Å²) in [6.45, 7) is 2.72. The highest BCUT2D eigenvalue weighted by Crippen LogP contribution is 2.25. The van der Waals surface area contributed by atoms with Crippen molar-refractivity contribution in [2.45, 2.75) is 38.3 Å². The zero-order valence-electron chi connectivity index (χ0n) is 13.7. The van der Waals surface area contributed by atoms with Gasteiger partial charge in [-0.2, -0.15) is 5.10 Å². The molecule has 1 aliphatic rings. The average Bonchev–Trinajstić information content (AvgIpc) is 2.91. The predicted molar refractivity (Wildman–Crippen MR) is 89.6 cm³/mol. The van der Waals surface area contributed by atoms with Crippen molar-refractivity contribution >= 4 is 22.8 Å². The molecule has 24 heavy (non-hydrogen) atoms. The lowest BCUT2D eigenvalue weighted by molar-refractivity contribution is -0.139. The molecule has 0 atom stereocenters. The van der Waals surface area contributed by atoms with Crippen molar-refractivity contribution in [2.24, 2.45) is 0 Å². The number of carboxylic acid groups (broad SMARTS) is 1. The van der Waals surface area contributed by atoms with Gasteiger partial charge in [-0.25, -0.2) is 0 Å². The lowest BCUT2D eigenvalue weighted by Crippen LogP contribution is -2.55. The van der Waals surface area contributed by atoms with E-state index in [9.17, 15) is 9.59 Å². The number of benzene rings is 1. The van der Waals surface area contributed by atoms with Crippen LogP contribution in [0, 0.1) is 0 Å². The van der Waals surface area contributed by atoms with Crippen LogP contribution in [-0.2, 0) is 16.0 Å². The largest absolute Gasteiger partial charge is 0.480 e. The molecule has 1 fully saturated rings. The van der Waals surface area contributed by atoms with E-state index in [-0.39, 0.29) is 31.0 Å². The Balaban J connectivity index is 1.49. The molecule has 1 saturated carbocycles. The number of carboxylic acids is 1. The van der Waals surface area contributed by atoms with Crippen molar-refractivity contribution in [2.75, 3.05) is 13.1 Å².